The van der Waals surface area contributed by atoms with Crippen molar-refractivity contribution in [3.8, 4) is 6.07 Å². The Balaban J connectivity index is 2.43. The normalized spacial score (nSPS) is 19.5. The summed E-state index contributed by atoms with van der Waals surface area (Å²) in [6.07, 6.45) is -0.160. The zero-order chi connectivity index (χ0) is 17.3. The molecular weight excluding hydrogens is 352 g/mol. The zero-order valence-electron chi connectivity index (χ0n) is 12.4. The van der Waals surface area contributed by atoms with Crippen LogP contribution in [0.5, 0.6) is 0 Å². The molecule has 2 aromatic carbocycles. The molecule has 0 bridgehead atoms. The predicted molar refractivity (Wildman–Crippen MR) is 88.4 cm³/mol. The Labute approximate surface area is 147 Å². The maximum atomic E-state index is 14.4. The first-order valence-electron chi connectivity index (χ1n) is 7.09. The van der Waals surface area contributed by atoms with Crippen molar-refractivity contribution in [2.24, 2.45) is 4.99 Å². The van der Waals surface area contributed by atoms with Crippen LogP contribution < -0.4 is 10.6 Å². The number of nitrogens with zero attached hydrogens (tertiary/aromatic N) is 3. The summed E-state index contributed by atoms with van der Waals surface area (Å²) in [5.41, 5.74) is -1.04. The molecule has 0 fully saturated rings. The van der Waals surface area contributed by atoms with Crippen LogP contribution in [0, 0.1) is 17.1 Å². The molecule has 0 amide bonds. The van der Waals surface area contributed by atoms with Crippen molar-refractivity contribution < 1.29 is 9.60 Å². The summed E-state index contributed by atoms with van der Waals surface area (Å²) in [4.78, 5) is 4.43. The van der Waals surface area contributed by atoms with E-state index >= 15 is 0 Å². The third kappa shape index (κ3) is 2.63. The number of rotatable bonds is 3. The second kappa shape index (κ2) is 6.40. The molecule has 0 radical (unpaired) electrons. The molecule has 7 heteroatoms. The molecule has 0 aliphatic carbocycles. The number of benzene rings is 2. The van der Waals surface area contributed by atoms with Crippen LogP contribution >= 0.6 is 23.2 Å². The monoisotopic (exact) mass is 363 g/mol. The highest BCUT2D eigenvalue weighted by Gasteiger charge is 2.40. The van der Waals surface area contributed by atoms with Crippen LogP contribution in [0.15, 0.2) is 47.5 Å². The summed E-state index contributed by atoms with van der Waals surface area (Å²) in [5, 5.41) is 22.1. The van der Waals surface area contributed by atoms with Gasteiger partial charge in [0, 0.05) is 15.8 Å². The number of halogens is 3. The molecule has 0 aromatic heterocycles. The van der Waals surface area contributed by atoms with E-state index in [0.29, 0.717) is 15.6 Å². The number of hydrogen-bond donors (Lipinski definition) is 1. The van der Waals surface area contributed by atoms with E-state index in [9.17, 15) is 9.60 Å². The lowest BCUT2D eigenvalue weighted by molar-refractivity contribution is -0.109. The van der Waals surface area contributed by atoms with E-state index in [2.05, 4.69) is 4.99 Å². The smallest absolute Gasteiger partial charge is 0.183 e. The van der Waals surface area contributed by atoms with Gasteiger partial charge in [-0.3, -0.25) is 10.2 Å². The molecule has 122 valence electrons. The molecule has 3 rings (SSSR count). The third-order valence-corrected chi connectivity index (χ3v) is 4.52. The Kier molecular flexibility index (Phi) is 4.46. The number of hydroxylamine groups is 2. The van der Waals surface area contributed by atoms with E-state index in [1.807, 2.05) is 6.07 Å². The van der Waals surface area contributed by atoms with Gasteiger partial charge in [0.2, 0.25) is 0 Å². The standard InChI is InChI=1S/C17H12Cl2FN3O/c18-10-17(7-8-21)22-15-6-5-11(19)9-13(15)16(23(17)24)12-3-1-2-4-14(12)20/h1-6,9,24H,7,10H2. The quantitative estimate of drug-likeness (QED) is 0.853. The maximum Gasteiger partial charge on any atom is 0.183 e. The van der Waals surface area contributed by atoms with Crippen molar-refractivity contribution in [3.63, 3.8) is 0 Å². The van der Waals surface area contributed by atoms with Gasteiger partial charge in [0.15, 0.2) is 5.66 Å². The number of alkyl halides is 1. The summed E-state index contributed by atoms with van der Waals surface area (Å²) in [6.45, 7) is 0. The van der Waals surface area contributed by atoms with Gasteiger partial charge >= 0.3 is 0 Å². The minimum atomic E-state index is -1.39. The van der Waals surface area contributed by atoms with Crippen molar-refractivity contribution in [1.82, 2.24) is 5.06 Å². The third-order valence-electron chi connectivity index (χ3n) is 3.85. The molecule has 1 aliphatic rings. The summed E-state index contributed by atoms with van der Waals surface area (Å²) in [6, 6.07) is 12.9. The number of nitriles is 1. The van der Waals surface area contributed by atoms with Crippen LogP contribution in [-0.4, -0.2) is 21.8 Å². The Morgan fingerprint density at radius 1 is 1.29 bits per heavy atom. The van der Waals surface area contributed by atoms with E-state index in [-0.39, 0.29) is 23.6 Å². The van der Waals surface area contributed by atoms with Gasteiger partial charge in [0.25, 0.3) is 0 Å². The van der Waals surface area contributed by atoms with E-state index < -0.39 is 11.5 Å². The fourth-order valence-corrected chi connectivity index (χ4v) is 3.12. The second-order valence-corrected chi connectivity index (χ2v) is 6.07. The highest BCUT2D eigenvalue weighted by molar-refractivity contribution is 6.30. The van der Waals surface area contributed by atoms with Gasteiger partial charge in [-0.15, -0.1) is 11.6 Å². The van der Waals surface area contributed by atoms with Gasteiger partial charge in [-0.25, -0.2) is 9.45 Å². The molecule has 4 nitrogen and oxygen atoms in total. The molecule has 2 aromatic rings. The SMILES string of the molecule is N#CCC1(CCl)N=c2ccc(Cl)cc2=C(c2ccccc2F)N1O. The van der Waals surface area contributed by atoms with Crippen LogP contribution in [0.1, 0.15) is 12.0 Å². The maximum absolute atomic E-state index is 14.4. The lowest BCUT2D eigenvalue weighted by Gasteiger charge is -2.38. The summed E-state index contributed by atoms with van der Waals surface area (Å²) < 4.78 is 14.4. The lowest BCUT2D eigenvalue weighted by Crippen LogP contribution is -2.54. The molecular formula is C17H12Cl2FN3O. The highest BCUT2D eigenvalue weighted by atomic mass is 35.5. The Bertz CT molecular complexity index is 957. The first-order valence-corrected chi connectivity index (χ1v) is 8.00. The average molecular weight is 364 g/mol. The van der Waals surface area contributed by atoms with E-state index in [1.54, 1.807) is 30.3 Å². The molecule has 0 saturated carbocycles. The van der Waals surface area contributed by atoms with Gasteiger partial charge in [-0.2, -0.15) is 5.26 Å². The van der Waals surface area contributed by atoms with Crippen molar-refractivity contribution in [3.05, 3.63) is 69.4 Å². The van der Waals surface area contributed by atoms with Crippen molar-refractivity contribution in [2.45, 2.75) is 12.1 Å². The Morgan fingerprint density at radius 3 is 2.71 bits per heavy atom. The number of hydrogen-bond acceptors (Lipinski definition) is 4. The fraction of sp³-hybridized carbons (Fsp3) is 0.176. The molecule has 1 N–H and O–H groups in total. The van der Waals surface area contributed by atoms with Crippen molar-refractivity contribution in [1.29, 1.82) is 5.26 Å². The lowest BCUT2D eigenvalue weighted by atomic mass is 10.0. The van der Waals surface area contributed by atoms with E-state index in [1.165, 1.54) is 12.1 Å². The van der Waals surface area contributed by atoms with Gasteiger partial charge in [0.1, 0.15) is 5.82 Å². The summed E-state index contributed by atoms with van der Waals surface area (Å²) in [7, 11) is 0. The van der Waals surface area contributed by atoms with Gasteiger partial charge in [-0.1, -0.05) is 23.7 Å². The van der Waals surface area contributed by atoms with Crippen LogP contribution in [0.4, 0.5) is 4.39 Å². The predicted octanol–water partition coefficient (Wildman–Crippen LogP) is 2.81. The Hall–Kier alpha value is -2.13. The minimum absolute atomic E-state index is 0.142. The zero-order valence-corrected chi connectivity index (χ0v) is 13.9. The molecule has 24 heavy (non-hydrogen) atoms. The summed E-state index contributed by atoms with van der Waals surface area (Å²) >= 11 is 12.1. The minimum Gasteiger partial charge on any atom is -0.286 e. The first kappa shape index (κ1) is 16.7. The average Bonchev–Trinajstić information content (AvgIpc) is 2.57. The largest absolute Gasteiger partial charge is 0.286 e. The molecule has 0 saturated heterocycles. The summed E-state index contributed by atoms with van der Waals surface area (Å²) in [5.74, 6) is -0.656. The van der Waals surface area contributed by atoms with Crippen molar-refractivity contribution in [2.75, 3.05) is 5.88 Å². The number of fused-ring (bicyclic) bond motifs is 1. The topological polar surface area (TPSA) is 59.6 Å². The molecule has 1 aliphatic heterocycles. The van der Waals surface area contributed by atoms with Gasteiger partial charge in [-0.05, 0) is 30.3 Å². The molecule has 1 heterocycles. The van der Waals surface area contributed by atoms with Crippen molar-refractivity contribution >= 4 is 28.9 Å². The fourth-order valence-electron chi connectivity index (χ4n) is 2.68. The van der Waals surface area contributed by atoms with Crippen LogP contribution in [0.2, 0.25) is 5.02 Å². The van der Waals surface area contributed by atoms with Gasteiger partial charge < -0.3 is 0 Å². The molecule has 1 unspecified atom stereocenters. The first-order chi connectivity index (χ1) is 11.5. The molecule has 1 atom stereocenters. The van der Waals surface area contributed by atoms with Crippen LogP contribution in [0.3, 0.4) is 0 Å². The van der Waals surface area contributed by atoms with E-state index in [0.717, 1.165) is 5.06 Å². The van der Waals surface area contributed by atoms with E-state index in [4.69, 9.17) is 28.5 Å². The highest BCUT2D eigenvalue weighted by Crippen LogP contribution is 2.31. The Morgan fingerprint density at radius 2 is 2.04 bits per heavy atom. The second-order valence-electron chi connectivity index (χ2n) is 5.36. The van der Waals surface area contributed by atoms with Gasteiger partial charge in [0.05, 0.1) is 29.4 Å². The van der Waals surface area contributed by atoms with Crippen LogP contribution in [0.25, 0.3) is 5.70 Å². The van der Waals surface area contributed by atoms with Crippen LogP contribution in [-0.2, 0) is 0 Å². The molecule has 0 spiro atoms.